The highest BCUT2D eigenvalue weighted by Crippen LogP contribution is 2.38. The van der Waals surface area contributed by atoms with Crippen LogP contribution in [-0.4, -0.2) is 14.4 Å². The molecule has 0 aliphatic heterocycles. The Morgan fingerprint density at radius 1 is 0.913 bits per heavy atom. The maximum Gasteiger partial charge on any atom is 0.192 e. The molecule has 0 saturated heterocycles. The molecule has 0 fully saturated rings. The molecule has 1 nitrogen and oxygen atoms in total. The summed E-state index contributed by atoms with van der Waals surface area (Å²) in [5.41, 5.74) is 0. The van der Waals surface area contributed by atoms with E-state index in [2.05, 4.69) is 46.7 Å². The van der Waals surface area contributed by atoms with Crippen molar-refractivity contribution in [3.05, 3.63) is 0 Å². The maximum absolute atomic E-state index is 6.72. The SMILES string of the molecule is C#CCCCCCC[C@@H](CCCCCC)O[Si](C)(C)C(C)(C)C. The summed E-state index contributed by atoms with van der Waals surface area (Å²) >= 11 is 0. The van der Waals surface area contributed by atoms with Crippen molar-refractivity contribution in [2.24, 2.45) is 0 Å². The molecule has 0 radical (unpaired) electrons. The van der Waals surface area contributed by atoms with Gasteiger partial charge < -0.3 is 4.43 Å². The molecule has 0 bridgehead atoms. The second kappa shape index (κ2) is 12.1. The first-order valence-electron chi connectivity index (χ1n) is 9.86. The summed E-state index contributed by atoms with van der Waals surface area (Å²) in [6.07, 6.45) is 19.6. The molecule has 2 heteroatoms. The number of hydrogen-bond donors (Lipinski definition) is 0. The quantitative estimate of drug-likeness (QED) is 0.194. The molecule has 0 saturated carbocycles. The Balaban J connectivity index is 4.31. The van der Waals surface area contributed by atoms with E-state index in [9.17, 15) is 0 Å². The molecule has 0 amide bonds. The number of hydrogen-bond acceptors (Lipinski definition) is 1. The van der Waals surface area contributed by atoms with Crippen molar-refractivity contribution in [2.75, 3.05) is 0 Å². The molecule has 0 aliphatic carbocycles. The third-order valence-corrected chi connectivity index (χ3v) is 9.78. The van der Waals surface area contributed by atoms with Crippen molar-refractivity contribution in [3.8, 4) is 12.3 Å². The van der Waals surface area contributed by atoms with Gasteiger partial charge in [-0.15, -0.1) is 12.3 Å². The van der Waals surface area contributed by atoms with Crippen LogP contribution in [0.1, 0.15) is 98.3 Å². The number of rotatable bonds is 13. The van der Waals surface area contributed by atoms with E-state index in [0.29, 0.717) is 11.1 Å². The minimum Gasteiger partial charge on any atom is -0.414 e. The Hall–Kier alpha value is -0.263. The molecule has 0 spiro atoms. The van der Waals surface area contributed by atoms with Crippen LogP contribution in [0.2, 0.25) is 18.1 Å². The van der Waals surface area contributed by atoms with Gasteiger partial charge in [-0.1, -0.05) is 72.6 Å². The average molecular weight is 339 g/mol. The number of unbranched alkanes of at least 4 members (excludes halogenated alkanes) is 7. The van der Waals surface area contributed by atoms with Crippen LogP contribution < -0.4 is 0 Å². The second-order valence-corrected chi connectivity index (χ2v) is 13.3. The molecule has 0 rings (SSSR count). The predicted molar refractivity (Wildman–Crippen MR) is 107 cm³/mol. The standard InChI is InChI=1S/C21H42OSi/c1-8-10-12-14-15-17-19-20(18-16-13-11-9-2)22-23(6,7)21(3,4)5/h1,20H,9-19H2,2-7H3/t20-/m1/s1. The van der Waals surface area contributed by atoms with Crippen LogP contribution in [0.15, 0.2) is 0 Å². The molecule has 136 valence electrons. The Morgan fingerprint density at radius 3 is 1.91 bits per heavy atom. The highest BCUT2D eigenvalue weighted by molar-refractivity contribution is 6.74. The van der Waals surface area contributed by atoms with Gasteiger partial charge in [0.25, 0.3) is 0 Å². The third-order valence-electron chi connectivity index (χ3n) is 5.24. The minimum atomic E-state index is -1.64. The zero-order valence-corrected chi connectivity index (χ0v) is 17.8. The Kier molecular flexibility index (Phi) is 12.0. The molecule has 0 aromatic rings. The van der Waals surface area contributed by atoms with Gasteiger partial charge in [0.2, 0.25) is 0 Å². The highest BCUT2D eigenvalue weighted by atomic mass is 28.4. The van der Waals surface area contributed by atoms with Gasteiger partial charge in [0, 0.05) is 12.5 Å². The normalized spacial score (nSPS) is 13.8. The van der Waals surface area contributed by atoms with E-state index in [1.807, 2.05) is 0 Å². The van der Waals surface area contributed by atoms with Crippen molar-refractivity contribution in [1.82, 2.24) is 0 Å². The monoisotopic (exact) mass is 338 g/mol. The zero-order valence-electron chi connectivity index (χ0n) is 16.8. The van der Waals surface area contributed by atoms with Crippen LogP contribution in [0.5, 0.6) is 0 Å². The van der Waals surface area contributed by atoms with Crippen LogP contribution in [0.4, 0.5) is 0 Å². The smallest absolute Gasteiger partial charge is 0.192 e. The fraction of sp³-hybridized carbons (Fsp3) is 0.905. The van der Waals surface area contributed by atoms with E-state index in [0.717, 1.165) is 6.42 Å². The van der Waals surface area contributed by atoms with Gasteiger partial charge in [-0.25, -0.2) is 0 Å². The highest BCUT2D eigenvalue weighted by Gasteiger charge is 2.38. The molecular weight excluding hydrogens is 296 g/mol. The average Bonchev–Trinajstić information content (AvgIpc) is 2.45. The molecule has 0 aromatic carbocycles. The Labute approximate surface area is 148 Å². The lowest BCUT2D eigenvalue weighted by molar-refractivity contribution is 0.154. The van der Waals surface area contributed by atoms with E-state index >= 15 is 0 Å². The molecule has 0 heterocycles. The van der Waals surface area contributed by atoms with E-state index in [4.69, 9.17) is 10.8 Å². The van der Waals surface area contributed by atoms with Crippen molar-refractivity contribution in [1.29, 1.82) is 0 Å². The van der Waals surface area contributed by atoms with E-state index in [-0.39, 0.29) is 0 Å². The molecule has 0 aliphatic rings. The van der Waals surface area contributed by atoms with Gasteiger partial charge in [-0.3, -0.25) is 0 Å². The molecule has 23 heavy (non-hydrogen) atoms. The van der Waals surface area contributed by atoms with Crippen LogP contribution in [0.3, 0.4) is 0 Å². The third kappa shape index (κ3) is 11.0. The predicted octanol–water partition coefficient (Wildman–Crippen LogP) is 7.32. The summed E-state index contributed by atoms with van der Waals surface area (Å²) in [6, 6.07) is 0. The van der Waals surface area contributed by atoms with E-state index in [1.54, 1.807) is 0 Å². The van der Waals surface area contributed by atoms with E-state index in [1.165, 1.54) is 64.2 Å². The van der Waals surface area contributed by atoms with Crippen molar-refractivity contribution >= 4 is 8.32 Å². The topological polar surface area (TPSA) is 9.23 Å². The van der Waals surface area contributed by atoms with Gasteiger partial charge in [0.1, 0.15) is 0 Å². The first-order valence-corrected chi connectivity index (χ1v) is 12.8. The maximum atomic E-state index is 6.72. The molecule has 0 aromatic heterocycles. The van der Waals surface area contributed by atoms with Crippen LogP contribution >= 0.6 is 0 Å². The summed E-state index contributed by atoms with van der Waals surface area (Å²) in [5, 5.41) is 0.307. The first kappa shape index (κ1) is 22.7. The fourth-order valence-corrected chi connectivity index (χ4v) is 4.03. The lowest BCUT2D eigenvalue weighted by atomic mass is 10.0. The lowest BCUT2D eigenvalue weighted by Gasteiger charge is -2.39. The summed E-state index contributed by atoms with van der Waals surface area (Å²) in [6.45, 7) is 14.1. The van der Waals surface area contributed by atoms with Gasteiger partial charge in [-0.2, -0.15) is 0 Å². The van der Waals surface area contributed by atoms with Crippen molar-refractivity contribution < 1.29 is 4.43 Å². The van der Waals surface area contributed by atoms with Crippen LogP contribution in [0.25, 0.3) is 0 Å². The summed E-state index contributed by atoms with van der Waals surface area (Å²) in [5.74, 6) is 2.74. The summed E-state index contributed by atoms with van der Waals surface area (Å²) < 4.78 is 6.72. The molecule has 0 unspecified atom stereocenters. The minimum absolute atomic E-state index is 0.307. The Bertz CT molecular complexity index is 322. The van der Waals surface area contributed by atoms with E-state index < -0.39 is 8.32 Å². The van der Waals surface area contributed by atoms with Gasteiger partial charge in [-0.05, 0) is 37.4 Å². The van der Waals surface area contributed by atoms with Crippen molar-refractivity contribution in [3.63, 3.8) is 0 Å². The molecular formula is C21H42OSi. The van der Waals surface area contributed by atoms with Gasteiger partial charge >= 0.3 is 0 Å². The van der Waals surface area contributed by atoms with Crippen molar-refractivity contribution in [2.45, 2.75) is 123 Å². The summed E-state index contributed by atoms with van der Waals surface area (Å²) in [7, 11) is -1.64. The first-order chi connectivity index (χ1) is 10.7. The zero-order chi connectivity index (χ0) is 17.8. The van der Waals surface area contributed by atoms with Crippen LogP contribution in [0, 0.1) is 12.3 Å². The van der Waals surface area contributed by atoms with Gasteiger partial charge in [0.15, 0.2) is 8.32 Å². The molecule has 0 N–H and O–H groups in total. The second-order valence-electron chi connectivity index (χ2n) is 8.51. The largest absolute Gasteiger partial charge is 0.414 e. The fourth-order valence-electron chi connectivity index (χ4n) is 2.61. The lowest BCUT2D eigenvalue weighted by Crippen LogP contribution is -2.44. The molecule has 1 atom stereocenters. The number of terminal acetylenes is 1. The summed E-state index contributed by atoms with van der Waals surface area (Å²) in [4.78, 5) is 0. The van der Waals surface area contributed by atoms with Gasteiger partial charge in [0.05, 0.1) is 0 Å². The Morgan fingerprint density at radius 2 is 1.43 bits per heavy atom. The van der Waals surface area contributed by atoms with Crippen LogP contribution in [-0.2, 0) is 4.43 Å².